The van der Waals surface area contributed by atoms with E-state index in [1.165, 1.54) is 0 Å². The number of hydrogen-bond donors (Lipinski definition) is 3. The molecule has 0 saturated carbocycles. The van der Waals surface area contributed by atoms with Crippen LogP contribution < -0.4 is 20.5 Å². The third-order valence-electron chi connectivity index (χ3n) is 6.10. The van der Waals surface area contributed by atoms with E-state index in [0.717, 1.165) is 35.5 Å². The molecule has 0 spiro atoms. The first-order valence-corrected chi connectivity index (χ1v) is 13.1. The molecule has 8 heteroatoms. The molecule has 0 atom stereocenters. The third kappa shape index (κ3) is 8.28. The van der Waals surface area contributed by atoms with Gasteiger partial charge in [0.1, 0.15) is 5.75 Å². The second kappa shape index (κ2) is 14.8. The van der Waals surface area contributed by atoms with Crippen molar-refractivity contribution in [2.45, 2.75) is 25.7 Å². The zero-order valence-corrected chi connectivity index (χ0v) is 22.1. The number of benzene rings is 4. The molecule has 4 aromatic rings. The maximum atomic E-state index is 12.6. The normalized spacial score (nSPS) is 10.7. The Balaban J connectivity index is 1.31. The number of hydrogen-bond acceptors (Lipinski definition) is 6. The highest BCUT2D eigenvalue weighted by Crippen LogP contribution is 2.33. The molecule has 2 amide bonds. The number of nitrogens with zero attached hydrogens (tertiary/aromatic N) is 2. The van der Waals surface area contributed by atoms with Crippen molar-refractivity contribution in [3.05, 3.63) is 120 Å². The van der Waals surface area contributed by atoms with E-state index >= 15 is 0 Å². The zero-order valence-electron chi connectivity index (χ0n) is 22.1. The fourth-order valence-corrected chi connectivity index (χ4v) is 4.08. The van der Waals surface area contributed by atoms with Crippen molar-refractivity contribution in [3.63, 3.8) is 0 Å². The molecule has 0 fully saturated rings. The van der Waals surface area contributed by atoms with Gasteiger partial charge in [-0.25, -0.2) is 10.9 Å². The molecule has 0 saturated heterocycles. The first-order valence-electron chi connectivity index (χ1n) is 13.1. The van der Waals surface area contributed by atoms with Crippen LogP contribution in [-0.2, 0) is 4.79 Å². The van der Waals surface area contributed by atoms with Crippen LogP contribution in [0.15, 0.2) is 114 Å². The first-order chi connectivity index (χ1) is 19.6. The smallest absolute Gasteiger partial charge is 0.271 e. The predicted molar refractivity (Wildman–Crippen MR) is 157 cm³/mol. The number of anilines is 3. The van der Waals surface area contributed by atoms with Crippen LogP contribution in [0.25, 0.3) is 0 Å². The molecule has 4 rings (SSSR count). The van der Waals surface area contributed by atoms with Gasteiger partial charge in [-0.3, -0.25) is 14.8 Å². The highest BCUT2D eigenvalue weighted by Gasteiger charge is 2.11. The number of ether oxygens (including phenoxy) is 1. The number of rotatable bonds is 13. The van der Waals surface area contributed by atoms with Gasteiger partial charge in [-0.1, -0.05) is 54.6 Å². The minimum absolute atomic E-state index is 0.274. The van der Waals surface area contributed by atoms with Gasteiger partial charge in [0.2, 0.25) is 5.91 Å². The molecule has 0 aliphatic heterocycles. The van der Waals surface area contributed by atoms with E-state index in [1.54, 1.807) is 36.0 Å². The van der Waals surface area contributed by atoms with Gasteiger partial charge < -0.3 is 9.64 Å². The molecule has 8 nitrogen and oxygen atoms in total. The topological polar surface area (TPSA) is 103 Å². The number of para-hydroxylation sites is 2. The quantitative estimate of drug-likeness (QED) is 0.0798. The summed E-state index contributed by atoms with van der Waals surface area (Å²) < 4.78 is 5.73. The van der Waals surface area contributed by atoms with E-state index in [9.17, 15) is 9.59 Å². The average molecular weight is 537 g/mol. The lowest BCUT2D eigenvalue weighted by molar-refractivity contribution is -0.129. The van der Waals surface area contributed by atoms with Crippen LogP contribution in [0.1, 0.15) is 41.6 Å². The Morgan fingerprint density at radius 3 is 2.08 bits per heavy atom. The Labute approximate surface area is 233 Å². The number of hydroxylamine groups is 1. The first kappa shape index (κ1) is 28.1. The molecule has 0 aliphatic rings. The summed E-state index contributed by atoms with van der Waals surface area (Å²) in [5.74, 6) is -0.147. The van der Waals surface area contributed by atoms with Crippen LogP contribution in [0, 0.1) is 0 Å². The second-order valence-electron chi connectivity index (χ2n) is 9.02. The van der Waals surface area contributed by atoms with Crippen molar-refractivity contribution in [3.8, 4) is 5.75 Å². The lowest BCUT2D eigenvalue weighted by Gasteiger charge is -2.25. The molecular weight excluding hydrogens is 504 g/mol. The van der Waals surface area contributed by atoms with E-state index in [-0.39, 0.29) is 12.3 Å². The highest BCUT2D eigenvalue weighted by molar-refractivity contribution is 5.95. The lowest BCUT2D eigenvalue weighted by Crippen LogP contribution is -2.18. The number of carbonyl (C=O) groups is 2. The molecule has 0 aromatic heterocycles. The van der Waals surface area contributed by atoms with E-state index in [2.05, 4.69) is 39.7 Å². The number of hydrazone groups is 1. The summed E-state index contributed by atoms with van der Waals surface area (Å²) in [6.07, 6.45) is 4.09. The SMILES string of the molecule is O=C(CCCCCOc1cccc(C(=O)N/N=C/c2ccc(N(c3ccccc3)c3ccccc3)cc2)c1)NO. The molecule has 0 unspecified atom stereocenters. The summed E-state index contributed by atoms with van der Waals surface area (Å²) in [7, 11) is 0. The average Bonchev–Trinajstić information content (AvgIpc) is 3.01. The van der Waals surface area contributed by atoms with Crippen LogP contribution in [0.3, 0.4) is 0 Å². The van der Waals surface area contributed by atoms with Gasteiger partial charge in [0.05, 0.1) is 12.8 Å². The summed E-state index contributed by atoms with van der Waals surface area (Å²) in [6.45, 7) is 0.464. The Kier molecular flexibility index (Phi) is 10.4. The van der Waals surface area contributed by atoms with Gasteiger partial charge in [-0.05, 0) is 79.4 Å². The molecule has 3 N–H and O–H groups in total. The van der Waals surface area contributed by atoms with Gasteiger partial charge in [0, 0.05) is 29.0 Å². The number of unbranched alkanes of at least 4 members (excludes halogenated alkanes) is 2. The van der Waals surface area contributed by atoms with Gasteiger partial charge in [0.15, 0.2) is 0 Å². The van der Waals surface area contributed by atoms with Crippen LogP contribution in [0.5, 0.6) is 5.75 Å². The van der Waals surface area contributed by atoms with Crippen molar-refractivity contribution in [1.29, 1.82) is 0 Å². The number of carbonyl (C=O) groups excluding carboxylic acids is 2. The Hall–Kier alpha value is -4.95. The molecule has 0 aliphatic carbocycles. The number of nitrogens with one attached hydrogen (secondary N) is 2. The number of amides is 2. The summed E-state index contributed by atoms with van der Waals surface area (Å²) in [4.78, 5) is 25.8. The Morgan fingerprint density at radius 2 is 1.43 bits per heavy atom. The molecule has 4 aromatic carbocycles. The molecule has 0 radical (unpaired) electrons. The third-order valence-corrected chi connectivity index (χ3v) is 6.10. The van der Waals surface area contributed by atoms with E-state index in [4.69, 9.17) is 9.94 Å². The van der Waals surface area contributed by atoms with Crippen molar-refractivity contribution < 1.29 is 19.5 Å². The minimum Gasteiger partial charge on any atom is -0.494 e. The molecule has 40 heavy (non-hydrogen) atoms. The van der Waals surface area contributed by atoms with Crippen molar-refractivity contribution in [2.75, 3.05) is 11.5 Å². The van der Waals surface area contributed by atoms with Gasteiger partial charge in [-0.2, -0.15) is 5.10 Å². The maximum Gasteiger partial charge on any atom is 0.271 e. The summed E-state index contributed by atoms with van der Waals surface area (Å²) in [5, 5.41) is 12.6. The Bertz CT molecular complexity index is 1350. The van der Waals surface area contributed by atoms with Crippen molar-refractivity contribution in [1.82, 2.24) is 10.9 Å². The van der Waals surface area contributed by atoms with Crippen LogP contribution in [0.4, 0.5) is 17.1 Å². The van der Waals surface area contributed by atoms with Gasteiger partial charge >= 0.3 is 0 Å². The second-order valence-corrected chi connectivity index (χ2v) is 9.02. The minimum atomic E-state index is -0.392. The maximum absolute atomic E-state index is 12.6. The standard InChI is InChI=1S/C32H32N4O4/c37-31(35-39)17-8-3-9-22-40-30-16-10-11-26(23-30)32(38)34-33-24-25-18-20-29(21-19-25)36(27-12-4-1-5-13-27)28-14-6-2-7-15-28/h1-2,4-7,10-16,18-21,23-24,39H,3,8-9,17,22H2,(H,34,38)(H,35,37)/b33-24+. The summed E-state index contributed by atoms with van der Waals surface area (Å²) in [5.41, 5.74) is 8.59. The van der Waals surface area contributed by atoms with E-state index < -0.39 is 5.91 Å². The van der Waals surface area contributed by atoms with E-state index in [1.807, 2.05) is 60.7 Å². The molecule has 0 heterocycles. The van der Waals surface area contributed by atoms with Crippen LogP contribution >= 0.6 is 0 Å². The fourth-order valence-electron chi connectivity index (χ4n) is 4.08. The van der Waals surface area contributed by atoms with Crippen molar-refractivity contribution >= 4 is 35.1 Å². The largest absolute Gasteiger partial charge is 0.494 e. The Morgan fingerprint density at radius 1 is 0.775 bits per heavy atom. The van der Waals surface area contributed by atoms with Gasteiger partial charge in [-0.15, -0.1) is 0 Å². The lowest BCUT2D eigenvalue weighted by atomic mass is 10.1. The van der Waals surface area contributed by atoms with E-state index in [0.29, 0.717) is 24.3 Å². The molecule has 0 bridgehead atoms. The van der Waals surface area contributed by atoms with Crippen molar-refractivity contribution in [2.24, 2.45) is 5.10 Å². The molecule has 204 valence electrons. The van der Waals surface area contributed by atoms with Crippen LogP contribution in [0.2, 0.25) is 0 Å². The zero-order chi connectivity index (χ0) is 28.0. The summed E-state index contributed by atoms with van der Waals surface area (Å²) >= 11 is 0. The molecular formula is C32H32N4O4. The predicted octanol–water partition coefficient (Wildman–Crippen LogP) is 6.36. The highest BCUT2D eigenvalue weighted by atomic mass is 16.5. The monoisotopic (exact) mass is 536 g/mol. The summed E-state index contributed by atoms with van der Waals surface area (Å²) in [6, 6.07) is 35.2. The fraction of sp³-hybridized carbons (Fsp3) is 0.156. The van der Waals surface area contributed by atoms with Gasteiger partial charge in [0.25, 0.3) is 5.91 Å². The van der Waals surface area contributed by atoms with Crippen LogP contribution in [-0.4, -0.2) is 29.8 Å².